The van der Waals surface area contributed by atoms with Crippen molar-refractivity contribution in [2.24, 2.45) is 5.84 Å². The maximum absolute atomic E-state index is 5.94. The van der Waals surface area contributed by atoms with Crippen LogP contribution in [0.2, 0.25) is 0 Å². The Bertz CT molecular complexity index is 403. The van der Waals surface area contributed by atoms with E-state index in [1.807, 2.05) is 6.92 Å². The van der Waals surface area contributed by atoms with Crippen molar-refractivity contribution < 1.29 is 9.47 Å². The van der Waals surface area contributed by atoms with Crippen LogP contribution in [0.15, 0.2) is 6.20 Å². The molecule has 1 saturated heterocycles. The average molecular weight is 252 g/mol. The highest BCUT2D eigenvalue weighted by Crippen LogP contribution is 2.25. The van der Waals surface area contributed by atoms with Crippen molar-refractivity contribution in [1.29, 1.82) is 0 Å². The molecule has 1 aromatic rings. The fraction of sp³-hybridized carbons (Fsp3) is 0.667. The van der Waals surface area contributed by atoms with Gasteiger partial charge >= 0.3 is 0 Å². The Morgan fingerprint density at radius 1 is 1.39 bits per heavy atom. The minimum atomic E-state index is 0.128. The summed E-state index contributed by atoms with van der Waals surface area (Å²) in [5.41, 5.74) is 3.33. The van der Waals surface area contributed by atoms with Crippen LogP contribution in [0.1, 0.15) is 32.3 Å². The first-order valence-electron chi connectivity index (χ1n) is 6.21. The van der Waals surface area contributed by atoms with E-state index in [1.54, 1.807) is 6.20 Å². The summed E-state index contributed by atoms with van der Waals surface area (Å²) in [6.45, 7) is 6.04. The molecule has 0 spiro atoms. The van der Waals surface area contributed by atoms with Crippen LogP contribution >= 0.6 is 0 Å². The second kappa shape index (κ2) is 5.49. The van der Waals surface area contributed by atoms with E-state index >= 15 is 0 Å². The van der Waals surface area contributed by atoms with Gasteiger partial charge in [-0.15, -0.1) is 0 Å². The summed E-state index contributed by atoms with van der Waals surface area (Å²) in [6.07, 6.45) is 4.01. The van der Waals surface area contributed by atoms with Gasteiger partial charge < -0.3 is 9.47 Å². The van der Waals surface area contributed by atoms with Crippen LogP contribution in [-0.2, 0) is 4.74 Å². The van der Waals surface area contributed by atoms with Crippen molar-refractivity contribution in [3.8, 4) is 5.88 Å². The Balaban J connectivity index is 2.08. The summed E-state index contributed by atoms with van der Waals surface area (Å²) < 4.78 is 11.6. The van der Waals surface area contributed by atoms with E-state index in [1.165, 1.54) is 0 Å². The van der Waals surface area contributed by atoms with Crippen LogP contribution in [0, 0.1) is 6.92 Å². The Morgan fingerprint density at radius 3 is 2.67 bits per heavy atom. The number of hydrazine groups is 1. The van der Waals surface area contributed by atoms with E-state index < -0.39 is 0 Å². The molecule has 2 rings (SSSR count). The number of aromatic nitrogens is 2. The van der Waals surface area contributed by atoms with Gasteiger partial charge in [0.05, 0.1) is 12.2 Å². The number of anilines is 1. The van der Waals surface area contributed by atoms with Gasteiger partial charge in [0.15, 0.2) is 0 Å². The molecule has 18 heavy (non-hydrogen) atoms. The van der Waals surface area contributed by atoms with E-state index in [9.17, 15) is 0 Å². The highest BCUT2D eigenvalue weighted by molar-refractivity contribution is 5.31. The van der Waals surface area contributed by atoms with E-state index in [0.717, 1.165) is 18.4 Å². The smallest absolute Gasteiger partial charge is 0.240 e. The lowest BCUT2D eigenvalue weighted by atomic mass is 10.0. The fourth-order valence-electron chi connectivity index (χ4n) is 2.21. The van der Waals surface area contributed by atoms with Gasteiger partial charge in [-0.25, -0.2) is 10.8 Å². The molecular formula is C12H20N4O2. The molecule has 3 N–H and O–H groups in total. The van der Waals surface area contributed by atoms with Crippen molar-refractivity contribution in [3.63, 3.8) is 0 Å². The van der Waals surface area contributed by atoms with Crippen LogP contribution in [0.25, 0.3) is 0 Å². The monoisotopic (exact) mass is 252 g/mol. The Morgan fingerprint density at radius 2 is 2.06 bits per heavy atom. The number of hydrogen-bond donors (Lipinski definition) is 2. The van der Waals surface area contributed by atoms with Crippen molar-refractivity contribution in [3.05, 3.63) is 11.8 Å². The zero-order valence-electron chi connectivity index (χ0n) is 11.0. The third kappa shape index (κ3) is 3.08. The van der Waals surface area contributed by atoms with Gasteiger partial charge in [0.1, 0.15) is 6.10 Å². The van der Waals surface area contributed by atoms with E-state index in [-0.39, 0.29) is 18.3 Å². The Hall–Kier alpha value is -1.40. The molecular weight excluding hydrogens is 232 g/mol. The maximum Gasteiger partial charge on any atom is 0.240 e. The van der Waals surface area contributed by atoms with Gasteiger partial charge in [-0.2, -0.15) is 4.98 Å². The van der Waals surface area contributed by atoms with Gasteiger partial charge in [0, 0.05) is 24.6 Å². The molecule has 1 aliphatic rings. The van der Waals surface area contributed by atoms with Crippen molar-refractivity contribution >= 4 is 5.95 Å². The van der Waals surface area contributed by atoms with E-state index in [0.29, 0.717) is 11.8 Å². The quantitative estimate of drug-likeness (QED) is 0.625. The molecule has 0 radical (unpaired) electrons. The summed E-state index contributed by atoms with van der Waals surface area (Å²) in [7, 11) is 0. The number of nitrogens with two attached hydrogens (primary N) is 1. The highest BCUT2D eigenvalue weighted by Gasteiger charge is 2.26. The number of hydrogen-bond acceptors (Lipinski definition) is 6. The van der Waals surface area contributed by atoms with E-state index in [4.69, 9.17) is 15.3 Å². The number of nitrogens with zero attached hydrogens (tertiary/aromatic N) is 2. The molecule has 0 aliphatic carbocycles. The fourth-order valence-corrected chi connectivity index (χ4v) is 2.21. The zero-order valence-corrected chi connectivity index (χ0v) is 11.0. The van der Waals surface area contributed by atoms with Crippen molar-refractivity contribution in [2.45, 2.75) is 51.9 Å². The lowest BCUT2D eigenvalue weighted by Crippen LogP contribution is -2.36. The minimum absolute atomic E-state index is 0.128. The van der Waals surface area contributed by atoms with Crippen LogP contribution in [-0.4, -0.2) is 28.3 Å². The number of aryl methyl sites for hydroxylation is 1. The molecule has 1 aliphatic heterocycles. The first-order chi connectivity index (χ1) is 8.58. The summed E-state index contributed by atoms with van der Waals surface area (Å²) in [4.78, 5) is 8.25. The Kier molecular flexibility index (Phi) is 3.98. The molecule has 2 heterocycles. The summed E-state index contributed by atoms with van der Waals surface area (Å²) >= 11 is 0. The normalized spacial score (nSPS) is 27.9. The largest absolute Gasteiger partial charge is 0.474 e. The second-order valence-corrected chi connectivity index (χ2v) is 4.79. The molecule has 1 aromatic heterocycles. The van der Waals surface area contributed by atoms with E-state index in [2.05, 4.69) is 29.2 Å². The third-order valence-electron chi connectivity index (χ3n) is 2.99. The lowest BCUT2D eigenvalue weighted by molar-refractivity contribution is -0.0730. The van der Waals surface area contributed by atoms with Gasteiger partial charge in [-0.05, 0) is 20.8 Å². The van der Waals surface area contributed by atoms with Crippen LogP contribution in [0.4, 0.5) is 5.95 Å². The van der Waals surface area contributed by atoms with Crippen LogP contribution in [0.5, 0.6) is 5.88 Å². The Labute approximate surface area is 107 Å². The summed E-state index contributed by atoms with van der Waals surface area (Å²) in [5, 5.41) is 0. The topological polar surface area (TPSA) is 82.3 Å². The molecule has 0 bridgehead atoms. The first-order valence-corrected chi connectivity index (χ1v) is 6.21. The molecule has 6 nitrogen and oxygen atoms in total. The molecule has 2 unspecified atom stereocenters. The minimum Gasteiger partial charge on any atom is -0.474 e. The number of rotatable bonds is 3. The standard InChI is InChI=1S/C12H20N4O2/c1-7-6-14-12(16-13)15-11(7)18-10-4-8(2)17-9(3)5-10/h6,8-10H,4-5,13H2,1-3H3,(H,14,15,16). The van der Waals surface area contributed by atoms with Gasteiger partial charge in [-0.1, -0.05) is 0 Å². The second-order valence-electron chi connectivity index (χ2n) is 4.79. The number of nitrogens with one attached hydrogen (secondary N) is 1. The lowest BCUT2D eigenvalue weighted by Gasteiger charge is -2.32. The van der Waals surface area contributed by atoms with Gasteiger partial charge in [0.2, 0.25) is 11.8 Å². The van der Waals surface area contributed by atoms with Gasteiger partial charge in [-0.3, -0.25) is 5.43 Å². The maximum atomic E-state index is 5.94. The molecule has 0 saturated carbocycles. The molecule has 6 heteroatoms. The number of nitrogen functional groups attached to an aromatic ring is 1. The van der Waals surface area contributed by atoms with Crippen LogP contribution < -0.4 is 16.0 Å². The molecule has 0 amide bonds. The number of ether oxygens (including phenoxy) is 2. The van der Waals surface area contributed by atoms with Gasteiger partial charge in [0.25, 0.3) is 0 Å². The van der Waals surface area contributed by atoms with Crippen molar-refractivity contribution in [1.82, 2.24) is 9.97 Å². The molecule has 2 atom stereocenters. The highest BCUT2D eigenvalue weighted by atomic mass is 16.5. The SMILES string of the molecule is Cc1cnc(NN)nc1OC1CC(C)OC(C)C1. The summed E-state index contributed by atoms with van der Waals surface area (Å²) in [6, 6.07) is 0. The average Bonchev–Trinajstić information content (AvgIpc) is 2.30. The summed E-state index contributed by atoms with van der Waals surface area (Å²) in [5.74, 6) is 6.25. The van der Waals surface area contributed by atoms with Crippen LogP contribution in [0.3, 0.4) is 0 Å². The molecule has 100 valence electrons. The molecule has 0 aromatic carbocycles. The zero-order chi connectivity index (χ0) is 13.1. The predicted octanol–water partition coefficient (Wildman–Crippen LogP) is 1.41. The third-order valence-corrected chi connectivity index (χ3v) is 2.99. The first kappa shape index (κ1) is 13.0. The molecule has 1 fully saturated rings. The van der Waals surface area contributed by atoms with Crippen molar-refractivity contribution in [2.75, 3.05) is 5.43 Å². The predicted molar refractivity (Wildman–Crippen MR) is 68.2 cm³/mol.